The van der Waals surface area contributed by atoms with E-state index in [0.29, 0.717) is 24.1 Å². The number of nitrogens with one attached hydrogen (secondary N) is 2. The van der Waals surface area contributed by atoms with Crippen LogP contribution in [-0.4, -0.2) is 21.9 Å². The van der Waals surface area contributed by atoms with Crippen LogP contribution in [0.15, 0.2) is 30.3 Å². The zero-order valence-electron chi connectivity index (χ0n) is 12.9. The molecule has 1 fully saturated rings. The second kappa shape index (κ2) is 6.13. The van der Waals surface area contributed by atoms with Crippen molar-refractivity contribution in [3.05, 3.63) is 53.0 Å². The third-order valence-corrected chi connectivity index (χ3v) is 3.54. The maximum atomic E-state index is 12.3. The van der Waals surface area contributed by atoms with Gasteiger partial charge in [0.15, 0.2) is 0 Å². The summed E-state index contributed by atoms with van der Waals surface area (Å²) in [6.45, 7) is 4.33. The summed E-state index contributed by atoms with van der Waals surface area (Å²) in [4.78, 5) is 20.8. The van der Waals surface area contributed by atoms with Crippen LogP contribution in [0, 0.1) is 13.8 Å². The molecular formula is C17H20N4O. The molecule has 1 saturated carbocycles. The van der Waals surface area contributed by atoms with Crippen LogP contribution in [0.25, 0.3) is 0 Å². The lowest BCUT2D eigenvalue weighted by atomic mass is 10.1. The van der Waals surface area contributed by atoms with Gasteiger partial charge < -0.3 is 10.6 Å². The van der Waals surface area contributed by atoms with Crippen molar-refractivity contribution < 1.29 is 4.79 Å². The Kier molecular flexibility index (Phi) is 4.04. The largest absolute Gasteiger partial charge is 0.367 e. The van der Waals surface area contributed by atoms with E-state index < -0.39 is 0 Å². The summed E-state index contributed by atoms with van der Waals surface area (Å²) >= 11 is 0. The number of amides is 1. The van der Waals surface area contributed by atoms with Gasteiger partial charge in [-0.2, -0.15) is 0 Å². The average molecular weight is 296 g/mol. The molecule has 114 valence electrons. The molecule has 5 heteroatoms. The molecule has 0 atom stereocenters. The molecule has 3 rings (SSSR count). The van der Waals surface area contributed by atoms with Crippen molar-refractivity contribution in [3.8, 4) is 0 Å². The van der Waals surface area contributed by atoms with E-state index in [1.807, 2.05) is 25.1 Å². The van der Waals surface area contributed by atoms with E-state index >= 15 is 0 Å². The number of hydrogen-bond donors (Lipinski definition) is 2. The van der Waals surface area contributed by atoms with Crippen molar-refractivity contribution in [1.29, 1.82) is 0 Å². The quantitative estimate of drug-likeness (QED) is 0.890. The molecule has 0 saturated heterocycles. The topological polar surface area (TPSA) is 66.9 Å². The molecule has 1 amide bonds. The molecule has 22 heavy (non-hydrogen) atoms. The van der Waals surface area contributed by atoms with Gasteiger partial charge >= 0.3 is 0 Å². The molecule has 1 aliphatic carbocycles. The van der Waals surface area contributed by atoms with E-state index in [1.54, 1.807) is 13.0 Å². The summed E-state index contributed by atoms with van der Waals surface area (Å²) in [5.74, 6) is 1.16. The van der Waals surface area contributed by atoms with Gasteiger partial charge in [0.25, 0.3) is 5.91 Å². The van der Waals surface area contributed by atoms with E-state index in [-0.39, 0.29) is 5.91 Å². The number of aryl methyl sites for hydroxylation is 2. The van der Waals surface area contributed by atoms with Gasteiger partial charge in [-0.05, 0) is 32.3 Å². The Bertz CT molecular complexity index is 695. The van der Waals surface area contributed by atoms with Crippen LogP contribution in [0.5, 0.6) is 0 Å². The van der Waals surface area contributed by atoms with E-state index in [2.05, 4.69) is 26.7 Å². The molecule has 0 unspecified atom stereocenters. The fraction of sp³-hybridized carbons (Fsp3) is 0.353. The number of benzene rings is 1. The first-order valence-corrected chi connectivity index (χ1v) is 7.56. The first kappa shape index (κ1) is 14.5. The number of aromatic nitrogens is 2. The van der Waals surface area contributed by atoms with Crippen LogP contribution in [0.3, 0.4) is 0 Å². The minimum absolute atomic E-state index is 0.175. The van der Waals surface area contributed by atoms with Gasteiger partial charge in [0.1, 0.15) is 17.3 Å². The van der Waals surface area contributed by atoms with Crippen LogP contribution in [-0.2, 0) is 6.54 Å². The van der Waals surface area contributed by atoms with Crippen molar-refractivity contribution in [2.75, 3.05) is 5.32 Å². The fourth-order valence-electron chi connectivity index (χ4n) is 2.29. The van der Waals surface area contributed by atoms with Gasteiger partial charge in [0.05, 0.1) is 0 Å². The van der Waals surface area contributed by atoms with Crippen LogP contribution in [0.1, 0.15) is 40.3 Å². The predicted octanol–water partition coefficient (Wildman–Crippen LogP) is 2.60. The van der Waals surface area contributed by atoms with Crippen LogP contribution in [0.2, 0.25) is 0 Å². The molecule has 0 radical (unpaired) electrons. The number of nitrogens with zero attached hydrogens (tertiary/aromatic N) is 2. The summed E-state index contributed by atoms with van der Waals surface area (Å²) in [5.41, 5.74) is 2.67. The number of rotatable bonds is 5. The minimum atomic E-state index is -0.175. The molecule has 1 aromatic heterocycles. The van der Waals surface area contributed by atoms with Crippen molar-refractivity contribution >= 4 is 11.7 Å². The fourth-order valence-corrected chi connectivity index (χ4v) is 2.29. The monoisotopic (exact) mass is 296 g/mol. The summed E-state index contributed by atoms with van der Waals surface area (Å²) < 4.78 is 0. The summed E-state index contributed by atoms with van der Waals surface area (Å²) in [6, 6.07) is 10.3. The van der Waals surface area contributed by atoms with Crippen LogP contribution < -0.4 is 10.6 Å². The Labute approximate surface area is 130 Å². The average Bonchev–Trinajstić information content (AvgIpc) is 3.28. The highest BCUT2D eigenvalue weighted by atomic mass is 16.1. The van der Waals surface area contributed by atoms with E-state index in [0.717, 1.165) is 24.2 Å². The third-order valence-electron chi connectivity index (χ3n) is 3.54. The predicted molar refractivity (Wildman–Crippen MR) is 85.8 cm³/mol. The zero-order chi connectivity index (χ0) is 15.5. The summed E-state index contributed by atoms with van der Waals surface area (Å²) in [5, 5.41) is 6.21. The van der Waals surface area contributed by atoms with E-state index in [4.69, 9.17) is 0 Å². The summed E-state index contributed by atoms with van der Waals surface area (Å²) in [7, 11) is 0. The molecular weight excluding hydrogens is 276 g/mol. The number of anilines is 1. The first-order chi connectivity index (χ1) is 10.6. The van der Waals surface area contributed by atoms with Gasteiger partial charge in [-0.15, -0.1) is 0 Å². The number of carbonyl (C=O) groups excluding carboxylic acids is 1. The zero-order valence-corrected chi connectivity index (χ0v) is 12.9. The van der Waals surface area contributed by atoms with E-state index in [9.17, 15) is 4.79 Å². The first-order valence-electron chi connectivity index (χ1n) is 7.56. The standard InChI is InChI=1S/C17H20N4O/c1-11-4-3-5-13(8-11)10-18-17(22)15-9-16(20-12(2)19-15)21-14-6-7-14/h3-5,8-9,14H,6-7,10H2,1-2H3,(H,18,22)(H,19,20,21). The normalized spacial score (nSPS) is 13.7. The molecule has 2 N–H and O–H groups in total. The molecule has 5 nitrogen and oxygen atoms in total. The highest BCUT2D eigenvalue weighted by molar-refractivity contribution is 5.92. The van der Waals surface area contributed by atoms with Crippen LogP contribution in [0.4, 0.5) is 5.82 Å². The summed E-state index contributed by atoms with van der Waals surface area (Å²) in [6.07, 6.45) is 2.33. The molecule has 1 heterocycles. The maximum absolute atomic E-state index is 12.3. The Morgan fingerprint density at radius 1 is 1.23 bits per heavy atom. The van der Waals surface area contributed by atoms with Gasteiger partial charge in [-0.3, -0.25) is 4.79 Å². The van der Waals surface area contributed by atoms with E-state index in [1.165, 1.54) is 5.56 Å². The Morgan fingerprint density at radius 2 is 2.05 bits per heavy atom. The number of hydrogen-bond acceptors (Lipinski definition) is 4. The van der Waals surface area contributed by atoms with Crippen LogP contribution >= 0.6 is 0 Å². The minimum Gasteiger partial charge on any atom is -0.367 e. The maximum Gasteiger partial charge on any atom is 0.270 e. The number of carbonyl (C=O) groups is 1. The second-order valence-electron chi connectivity index (χ2n) is 5.78. The van der Waals surface area contributed by atoms with Gasteiger partial charge in [-0.1, -0.05) is 29.8 Å². The van der Waals surface area contributed by atoms with Gasteiger partial charge in [0, 0.05) is 18.7 Å². The van der Waals surface area contributed by atoms with Crippen molar-refractivity contribution in [2.45, 2.75) is 39.3 Å². The second-order valence-corrected chi connectivity index (χ2v) is 5.78. The highest BCUT2D eigenvalue weighted by Gasteiger charge is 2.22. The lowest BCUT2D eigenvalue weighted by Gasteiger charge is -2.09. The molecule has 2 aromatic rings. The van der Waals surface area contributed by atoms with Gasteiger partial charge in [-0.25, -0.2) is 9.97 Å². The molecule has 0 aliphatic heterocycles. The highest BCUT2D eigenvalue weighted by Crippen LogP contribution is 2.23. The third kappa shape index (κ3) is 3.81. The van der Waals surface area contributed by atoms with Crippen molar-refractivity contribution in [3.63, 3.8) is 0 Å². The lowest BCUT2D eigenvalue weighted by molar-refractivity contribution is 0.0945. The Morgan fingerprint density at radius 3 is 2.77 bits per heavy atom. The Hall–Kier alpha value is -2.43. The smallest absolute Gasteiger partial charge is 0.270 e. The van der Waals surface area contributed by atoms with Crippen molar-refractivity contribution in [2.24, 2.45) is 0 Å². The molecule has 0 spiro atoms. The molecule has 1 aromatic carbocycles. The van der Waals surface area contributed by atoms with Crippen molar-refractivity contribution in [1.82, 2.24) is 15.3 Å². The van der Waals surface area contributed by atoms with Gasteiger partial charge in [0.2, 0.25) is 0 Å². The molecule has 1 aliphatic rings. The Balaban J connectivity index is 1.67. The lowest BCUT2D eigenvalue weighted by Crippen LogP contribution is -2.24. The molecule has 0 bridgehead atoms. The SMILES string of the molecule is Cc1cccc(CNC(=O)c2cc(NC3CC3)nc(C)n2)c1.